The predicted octanol–water partition coefficient (Wildman–Crippen LogP) is -0.344. The largest absolute Gasteiger partial charge is 0.466 e. The number of methoxy groups -OCH3 is 1. The molecular formula is C6H9NO4. The number of rotatable bonds is 1. The second-order valence-electron chi connectivity index (χ2n) is 2.28. The van der Waals surface area contributed by atoms with Crippen LogP contribution in [0.15, 0.2) is 0 Å². The van der Waals surface area contributed by atoms with Gasteiger partial charge in [0, 0.05) is 0 Å². The van der Waals surface area contributed by atoms with Gasteiger partial charge in [-0.3, -0.25) is 0 Å². The molecule has 1 aliphatic heterocycles. The maximum Gasteiger partial charge on any atom is 0.408 e. The molecule has 1 amide bonds. The maximum atomic E-state index is 10.8. The Morgan fingerprint density at radius 3 is 2.73 bits per heavy atom. The van der Waals surface area contributed by atoms with Crippen molar-refractivity contribution in [3.05, 3.63) is 0 Å². The highest BCUT2D eigenvalue weighted by molar-refractivity contribution is 5.83. The van der Waals surface area contributed by atoms with E-state index >= 15 is 0 Å². The Hall–Kier alpha value is -1.26. The topological polar surface area (TPSA) is 64.6 Å². The van der Waals surface area contributed by atoms with Crippen LogP contribution in [0.2, 0.25) is 0 Å². The van der Waals surface area contributed by atoms with Gasteiger partial charge in [-0.15, -0.1) is 0 Å². The number of carbonyl (C=O) groups excluding carboxylic acids is 2. The third-order valence-electron chi connectivity index (χ3n) is 1.47. The lowest BCUT2D eigenvalue weighted by molar-refractivity contribution is -0.149. The SMILES string of the molecule is COC(=O)C1OC(=O)NC1C. The highest BCUT2D eigenvalue weighted by Crippen LogP contribution is 2.08. The Morgan fingerprint density at radius 1 is 1.73 bits per heavy atom. The summed E-state index contributed by atoms with van der Waals surface area (Å²) in [5.74, 6) is -0.532. The van der Waals surface area contributed by atoms with Gasteiger partial charge >= 0.3 is 12.1 Å². The Bertz CT molecular complexity index is 191. The summed E-state index contributed by atoms with van der Waals surface area (Å²) in [7, 11) is 1.25. The number of cyclic esters (lactones) is 1. The van der Waals surface area contributed by atoms with E-state index in [1.165, 1.54) is 7.11 Å². The molecule has 0 bridgehead atoms. The maximum absolute atomic E-state index is 10.8. The number of esters is 1. The number of carbonyl (C=O) groups is 2. The fourth-order valence-electron chi connectivity index (χ4n) is 0.881. The standard InChI is InChI=1S/C6H9NO4/c1-3-4(5(8)10-2)11-6(9)7-3/h3-4H,1-2H3,(H,7,9). The monoisotopic (exact) mass is 159 g/mol. The molecule has 5 nitrogen and oxygen atoms in total. The van der Waals surface area contributed by atoms with Crippen molar-refractivity contribution in [3.63, 3.8) is 0 Å². The normalized spacial score (nSPS) is 29.1. The molecule has 1 aliphatic rings. The highest BCUT2D eigenvalue weighted by atomic mass is 16.6. The molecule has 0 aromatic carbocycles. The molecule has 11 heavy (non-hydrogen) atoms. The summed E-state index contributed by atoms with van der Waals surface area (Å²) in [6, 6.07) is -0.310. The molecule has 0 radical (unpaired) electrons. The van der Waals surface area contributed by atoms with Gasteiger partial charge in [0.1, 0.15) is 0 Å². The first-order chi connectivity index (χ1) is 5.15. The van der Waals surface area contributed by atoms with Crippen molar-refractivity contribution in [2.24, 2.45) is 0 Å². The smallest absolute Gasteiger partial charge is 0.408 e. The number of hydrogen-bond acceptors (Lipinski definition) is 4. The average molecular weight is 159 g/mol. The van der Waals surface area contributed by atoms with Gasteiger partial charge < -0.3 is 14.8 Å². The molecule has 1 fully saturated rings. The molecule has 2 atom stereocenters. The molecule has 5 heteroatoms. The summed E-state index contributed by atoms with van der Waals surface area (Å²) in [5.41, 5.74) is 0. The van der Waals surface area contributed by atoms with Crippen molar-refractivity contribution in [1.29, 1.82) is 0 Å². The molecule has 1 rings (SSSR count). The molecule has 1 saturated heterocycles. The minimum absolute atomic E-state index is 0.310. The van der Waals surface area contributed by atoms with Gasteiger partial charge in [-0.2, -0.15) is 0 Å². The van der Waals surface area contributed by atoms with Gasteiger partial charge in [0.25, 0.3) is 0 Å². The van der Waals surface area contributed by atoms with Crippen LogP contribution in [0.25, 0.3) is 0 Å². The van der Waals surface area contributed by atoms with Crippen molar-refractivity contribution in [2.45, 2.75) is 19.1 Å². The van der Waals surface area contributed by atoms with E-state index in [0.717, 1.165) is 0 Å². The van der Waals surface area contributed by atoms with E-state index in [2.05, 4.69) is 14.8 Å². The van der Waals surface area contributed by atoms with E-state index in [1.807, 2.05) is 0 Å². The summed E-state index contributed by atoms with van der Waals surface area (Å²) in [6.45, 7) is 1.67. The molecule has 0 aromatic heterocycles. The number of amides is 1. The second kappa shape index (κ2) is 2.77. The first kappa shape index (κ1) is 7.84. The Balaban J connectivity index is 2.59. The zero-order valence-corrected chi connectivity index (χ0v) is 6.29. The predicted molar refractivity (Wildman–Crippen MR) is 34.9 cm³/mol. The molecule has 1 heterocycles. The molecule has 0 spiro atoms. The number of ether oxygens (including phenoxy) is 2. The molecule has 62 valence electrons. The summed E-state index contributed by atoms with van der Waals surface area (Å²) < 4.78 is 9.00. The first-order valence-corrected chi connectivity index (χ1v) is 3.20. The van der Waals surface area contributed by atoms with Crippen LogP contribution in [0.3, 0.4) is 0 Å². The quantitative estimate of drug-likeness (QED) is 0.531. The summed E-state index contributed by atoms with van der Waals surface area (Å²) in [5, 5.41) is 2.42. The molecule has 0 aliphatic carbocycles. The fraction of sp³-hybridized carbons (Fsp3) is 0.667. The molecule has 2 unspecified atom stereocenters. The van der Waals surface area contributed by atoms with Crippen LogP contribution in [-0.2, 0) is 14.3 Å². The highest BCUT2D eigenvalue weighted by Gasteiger charge is 2.37. The van der Waals surface area contributed by atoms with Crippen molar-refractivity contribution < 1.29 is 19.1 Å². The third-order valence-corrected chi connectivity index (χ3v) is 1.47. The van der Waals surface area contributed by atoms with Gasteiger partial charge in [-0.1, -0.05) is 0 Å². The van der Waals surface area contributed by atoms with E-state index in [9.17, 15) is 9.59 Å². The fourth-order valence-corrected chi connectivity index (χ4v) is 0.881. The third kappa shape index (κ3) is 1.42. The van der Waals surface area contributed by atoms with Crippen molar-refractivity contribution in [1.82, 2.24) is 5.32 Å². The van der Waals surface area contributed by atoms with E-state index in [4.69, 9.17) is 0 Å². The zero-order valence-electron chi connectivity index (χ0n) is 6.29. The van der Waals surface area contributed by atoms with Crippen LogP contribution in [0.5, 0.6) is 0 Å². The van der Waals surface area contributed by atoms with E-state index in [0.29, 0.717) is 0 Å². The zero-order chi connectivity index (χ0) is 8.43. The van der Waals surface area contributed by atoms with E-state index < -0.39 is 18.2 Å². The van der Waals surface area contributed by atoms with Gasteiger partial charge in [-0.05, 0) is 6.92 Å². The van der Waals surface area contributed by atoms with Crippen LogP contribution in [0.4, 0.5) is 4.79 Å². The van der Waals surface area contributed by atoms with Gasteiger partial charge in [-0.25, -0.2) is 9.59 Å². The Labute approximate surface area is 63.7 Å². The average Bonchev–Trinajstić information content (AvgIpc) is 2.28. The number of alkyl carbamates (subject to hydrolysis) is 1. The molecular weight excluding hydrogens is 150 g/mol. The van der Waals surface area contributed by atoms with Crippen LogP contribution in [-0.4, -0.2) is 31.3 Å². The number of nitrogens with one attached hydrogen (secondary N) is 1. The first-order valence-electron chi connectivity index (χ1n) is 3.20. The molecule has 1 N–H and O–H groups in total. The Morgan fingerprint density at radius 2 is 2.36 bits per heavy atom. The van der Waals surface area contributed by atoms with Crippen molar-refractivity contribution in [2.75, 3.05) is 7.11 Å². The van der Waals surface area contributed by atoms with Crippen LogP contribution in [0.1, 0.15) is 6.92 Å². The summed E-state index contributed by atoms with van der Waals surface area (Å²) in [4.78, 5) is 21.4. The summed E-state index contributed by atoms with van der Waals surface area (Å²) >= 11 is 0. The minimum Gasteiger partial charge on any atom is -0.466 e. The lowest BCUT2D eigenvalue weighted by Gasteiger charge is -2.08. The summed E-state index contributed by atoms with van der Waals surface area (Å²) in [6.07, 6.45) is -1.37. The van der Waals surface area contributed by atoms with Gasteiger partial charge in [0.15, 0.2) is 0 Å². The lowest BCUT2D eigenvalue weighted by Crippen LogP contribution is -2.34. The van der Waals surface area contributed by atoms with Gasteiger partial charge in [0.2, 0.25) is 6.10 Å². The van der Waals surface area contributed by atoms with E-state index in [-0.39, 0.29) is 6.04 Å². The van der Waals surface area contributed by atoms with Crippen molar-refractivity contribution in [3.8, 4) is 0 Å². The van der Waals surface area contributed by atoms with E-state index in [1.54, 1.807) is 6.92 Å². The Kier molecular flexibility index (Phi) is 1.98. The molecule has 0 aromatic rings. The second-order valence-corrected chi connectivity index (χ2v) is 2.28. The van der Waals surface area contributed by atoms with Gasteiger partial charge in [0.05, 0.1) is 13.2 Å². The van der Waals surface area contributed by atoms with Crippen LogP contribution >= 0.6 is 0 Å². The molecule has 0 saturated carbocycles. The lowest BCUT2D eigenvalue weighted by atomic mass is 10.2. The van der Waals surface area contributed by atoms with Crippen LogP contribution in [0, 0.1) is 0 Å². The number of hydrogen-bond donors (Lipinski definition) is 1. The van der Waals surface area contributed by atoms with Crippen LogP contribution < -0.4 is 5.32 Å². The minimum atomic E-state index is -0.799. The van der Waals surface area contributed by atoms with Crippen molar-refractivity contribution >= 4 is 12.1 Å².